The van der Waals surface area contributed by atoms with Crippen molar-refractivity contribution in [1.82, 2.24) is 0 Å². The van der Waals surface area contributed by atoms with Gasteiger partial charge in [-0.1, -0.05) is 18.2 Å². The fraction of sp³-hybridized carbons (Fsp3) is 0.0952. The van der Waals surface area contributed by atoms with Gasteiger partial charge in [0.1, 0.15) is 28.5 Å². The highest BCUT2D eigenvalue weighted by Crippen LogP contribution is 2.36. The zero-order valence-electron chi connectivity index (χ0n) is 14.9. The third-order valence-corrected chi connectivity index (χ3v) is 4.34. The first-order chi connectivity index (χ1) is 13.5. The van der Waals surface area contributed by atoms with E-state index in [1.54, 1.807) is 6.07 Å². The van der Waals surface area contributed by atoms with Crippen LogP contribution in [0.2, 0.25) is 0 Å². The molecule has 1 amide bonds. The molecule has 0 saturated carbocycles. The van der Waals surface area contributed by atoms with Crippen molar-refractivity contribution in [1.29, 1.82) is 0 Å². The predicted molar refractivity (Wildman–Crippen MR) is 104 cm³/mol. The van der Waals surface area contributed by atoms with Gasteiger partial charge in [0.2, 0.25) is 5.91 Å². The summed E-state index contributed by atoms with van der Waals surface area (Å²) in [6.45, 7) is -0.169. The van der Waals surface area contributed by atoms with Crippen molar-refractivity contribution >= 4 is 39.2 Å². The van der Waals surface area contributed by atoms with E-state index in [1.807, 2.05) is 30.3 Å². The topological polar surface area (TPSA) is 63.5 Å². The maximum Gasteiger partial charge on any atom is 0.243 e. The van der Waals surface area contributed by atoms with E-state index in [4.69, 9.17) is 9.15 Å². The lowest BCUT2D eigenvalue weighted by molar-refractivity contribution is -0.114. The first-order valence-electron chi connectivity index (χ1n) is 8.53. The van der Waals surface area contributed by atoms with Crippen LogP contribution in [0.4, 0.5) is 20.2 Å². The third-order valence-electron chi connectivity index (χ3n) is 4.34. The van der Waals surface area contributed by atoms with Gasteiger partial charge in [0.25, 0.3) is 0 Å². The average Bonchev–Trinajstić information content (AvgIpc) is 3.05. The highest BCUT2D eigenvalue weighted by Gasteiger charge is 2.14. The van der Waals surface area contributed by atoms with Crippen LogP contribution in [0.3, 0.4) is 0 Å². The maximum absolute atomic E-state index is 13.7. The molecule has 0 fully saturated rings. The van der Waals surface area contributed by atoms with Crippen LogP contribution in [0.15, 0.2) is 59.0 Å². The molecule has 0 radical (unpaired) electrons. The minimum Gasteiger partial charge on any atom is -0.495 e. The summed E-state index contributed by atoms with van der Waals surface area (Å²) < 4.78 is 38.1. The van der Waals surface area contributed by atoms with E-state index in [1.165, 1.54) is 7.11 Å². The van der Waals surface area contributed by atoms with Gasteiger partial charge in [0.15, 0.2) is 0 Å². The number of fused-ring (bicyclic) bond motifs is 3. The van der Waals surface area contributed by atoms with Gasteiger partial charge >= 0.3 is 0 Å². The molecule has 4 aromatic rings. The molecule has 0 unspecified atom stereocenters. The molecule has 4 rings (SSSR count). The molecule has 0 saturated heterocycles. The number of carbonyl (C=O) groups is 1. The molecule has 0 aliphatic carbocycles. The molecule has 0 aliphatic heterocycles. The lowest BCUT2D eigenvalue weighted by atomic mass is 10.1. The van der Waals surface area contributed by atoms with Crippen molar-refractivity contribution in [2.75, 3.05) is 24.3 Å². The second-order valence-electron chi connectivity index (χ2n) is 6.17. The average molecular weight is 382 g/mol. The fourth-order valence-electron chi connectivity index (χ4n) is 3.02. The van der Waals surface area contributed by atoms with Crippen LogP contribution in [-0.4, -0.2) is 19.6 Å². The van der Waals surface area contributed by atoms with Crippen molar-refractivity contribution in [3.63, 3.8) is 0 Å². The number of halogens is 2. The molecule has 5 nitrogen and oxygen atoms in total. The molecular weight excluding hydrogens is 366 g/mol. The molecular formula is C21H16F2N2O3. The molecule has 0 spiro atoms. The third kappa shape index (κ3) is 3.34. The number of methoxy groups -OCH3 is 1. The standard InChI is InChI=1S/C21H16F2N2O3/c1-27-20-9-14-13-4-2-3-5-18(13)28-19(14)10-17(20)24-11-21(26)25-16-8-12(22)6-7-15(16)23/h2-10,24H,11H2,1H3,(H,25,26). The summed E-state index contributed by atoms with van der Waals surface area (Å²) in [7, 11) is 1.52. The molecule has 1 aromatic heterocycles. The first kappa shape index (κ1) is 17.8. The van der Waals surface area contributed by atoms with E-state index in [0.717, 1.165) is 34.6 Å². The SMILES string of the molecule is COc1cc2c(cc1NCC(=O)Nc1cc(F)ccc1F)oc1ccccc12. The Hall–Kier alpha value is -3.61. The van der Waals surface area contributed by atoms with E-state index in [0.29, 0.717) is 17.0 Å². The Bertz CT molecular complexity index is 1190. The van der Waals surface area contributed by atoms with Crippen LogP contribution in [0.5, 0.6) is 5.75 Å². The largest absolute Gasteiger partial charge is 0.495 e. The summed E-state index contributed by atoms with van der Waals surface area (Å²) in [6, 6.07) is 14.1. The normalized spacial score (nSPS) is 11.0. The van der Waals surface area contributed by atoms with Crippen molar-refractivity contribution in [3.05, 3.63) is 66.2 Å². The molecule has 28 heavy (non-hydrogen) atoms. The summed E-state index contributed by atoms with van der Waals surface area (Å²) in [5, 5.41) is 7.13. The highest BCUT2D eigenvalue weighted by molar-refractivity contribution is 6.06. The maximum atomic E-state index is 13.7. The quantitative estimate of drug-likeness (QED) is 0.514. The number of nitrogens with one attached hydrogen (secondary N) is 2. The molecule has 3 aromatic carbocycles. The summed E-state index contributed by atoms with van der Waals surface area (Å²) in [5.41, 5.74) is 1.72. The smallest absolute Gasteiger partial charge is 0.243 e. The molecule has 0 aliphatic rings. The minimum absolute atomic E-state index is 0.169. The van der Waals surface area contributed by atoms with Gasteiger partial charge in [-0.05, 0) is 24.3 Å². The van der Waals surface area contributed by atoms with Gasteiger partial charge < -0.3 is 19.8 Å². The Morgan fingerprint density at radius 2 is 1.82 bits per heavy atom. The lowest BCUT2D eigenvalue weighted by Gasteiger charge is -2.12. The van der Waals surface area contributed by atoms with Gasteiger partial charge in [-0.25, -0.2) is 8.78 Å². The number of anilines is 2. The monoisotopic (exact) mass is 382 g/mol. The van der Waals surface area contributed by atoms with Crippen molar-refractivity contribution in [2.45, 2.75) is 0 Å². The van der Waals surface area contributed by atoms with Crippen LogP contribution >= 0.6 is 0 Å². The summed E-state index contributed by atoms with van der Waals surface area (Å²) in [6.07, 6.45) is 0. The van der Waals surface area contributed by atoms with Gasteiger partial charge in [0.05, 0.1) is 25.0 Å². The van der Waals surface area contributed by atoms with Crippen LogP contribution in [-0.2, 0) is 4.79 Å². The predicted octanol–water partition coefficient (Wildman–Crippen LogP) is 4.92. The molecule has 1 heterocycles. The molecule has 2 N–H and O–H groups in total. The second-order valence-corrected chi connectivity index (χ2v) is 6.17. The Morgan fingerprint density at radius 3 is 2.64 bits per heavy atom. The number of para-hydroxylation sites is 1. The molecule has 7 heteroatoms. The Kier molecular flexibility index (Phi) is 4.57. The zero-order chi connectivity index (χ0) is 19.7. The lowest BCUT2D eigenvalue weighted by Crippen LogP contribution is -2.22. The summed E-state index contributed by atoms with van der Waals surface area (Å²) in [5.74, 6) is -1.35. The number of benzene rings is 3. The van der Waals surface area contributed by atoms with E-state index in [9.17, 15) is 13.6 Å². The number of hydrogen-bond acceptors (Lipinski definition) is 4. The van der Waals surface area contributed by atoms with Crippen molar-refractivity contribution in [2.24, 2.45) is 0 Å². The van der Waals surface area contributed by atoms with E-state index in [-0.39, 0.29) is 12.2 Å². The number of furan rings is 1. The molecule has 0 bridgehead atoms. The molecule has 0 atom stereocenters. The Balaban J connectivity index is 1.56. The summed E-state index contributed by atoms with van der Waals surface area (Å²) >= 11 is 0. The number of ether oxygens (including phenoxy) is 1. The Labute approximate surface area is 158 Å². The summed E-state index contributed by atoms with van der Waals surface area (Å²) in [4.78, 5) is 12.1. The second kappa shape index (κ2) is 7.19. The molecule has 142 valence electrons. The minimum atomic E-state index is -0.712. The van der Waals surface area contributed by atoms with Crippen LogP contribution in [0, 0.1) is 11.6 Å². The number of hydrogen-bond donors (Lipinski definition) is 2. The van der Waals surface area contributed by atoms with Crippen LogP contribution < -0.4 is 15.4 Å². The van der Waals surface area contributed by atoms with Gasteiger partial charge in [-0.3, -0.25) is 4.79 Å². The van der Waals surface area contributed by atoms with Crippen molar-refractivity contribution < 1.29 is 22.7 Å². The first-order valence-corrected chi connectivity index (χ1v) is 8.53. The Morgan fingerprint density at radius 1 is 1.00 bits per heavy atom. The fourth-order valence-corrected chi connectivity index (χ4v) is 3.02. The van der Waals surface area contributed by atoms with Gasteiger partial charge in [-0.2, -0.15) is 0 Å². The van der Waals surface area contributed by atoms with Gasteiger partial charge in [-0.15, -0.1) is 0 Å². The van der Waals surface area contributed by atoms with Crippen LogP contribution in [0.1, 0.15) is 0 Å². The van der Waals surface area contributed by atoms with E-state index in [2.05, 4.69) is 10.6 Å². The van der Waals surface area contributed by atoms with Gasteiger partial charge in [0, 0.05) is 22.9 Å². The number of rotatable bonds is 5. The number of carbonyl (C=O) groups excluding carboxylic acids is 1. The van der Waals surface area contributed by atoms with E-state index >= 15 is 0 Å². The van der Waals surface area contributed by atoms with Crippen LogP contribution in [0.25, 0.3) is 21.9 Å². The highest BCUT2D eigenvalue weighted by atomic mass is 19.1. The van der Waals surface area contributed by atoms with Crippen molar-refractivity contribution in [3.8, 4) is 5.75 Å². The number of amides is 1. The van der Waals surface area contributed by atoms with E-state index < -0.39 is 17.5 Å². The zero-order valence-corrected chi connectivity index (χ0v) is 14.9.